The standard InChI is InChI=1S/C26H26N6O2S2/c33-24(20-3-1-10-27-20)30-23-9-8-21(35-23)26(34)31-15-19(16-31)25-28-13-22(36-25)18-6-4-17(5-7-18)14-32-12-2-11-29-32/h2,4-9,11-13,19-20,27H,1,3,10,14-16H2,(H,30,33)/t20-/m0/s1. The van der Waals surface area contributed by atoms with Crippen LogP contribution in [0.1, 0.15) is 39.0 Å². The van der Waals surface area contributed by atoms with Crippen molar-refractivity contribution in [2.45, 2.75) is 31.3 Å². The van der Waals surface area contributed by atoms with Crippen molar-refractivity contribution >= 4 is 39.5 Å². The van der Waals surface area contributed by atoms with E-state index in [1.165, 1.54) is 16.9 Å². The van der Waals surface area contributed by atoms with E-state index in [-0.39, 0.29) is 23.8 Å². The molecule has 184 valence electrons. The first-order valence-electron chi connectivity index (χ1n) is 12.1. The summed E-state index contributed by atoms with van der Waals surface area (Å²) < 4.78 is 1.91. The molecule has 2 fully saturated rings. The van der Waals surface area contributed by atoms with Gasteiger partial charge in [0.1, 0.15) is 0 Å². The van der Waals surface area contributed by atoms with E-state index in [2.05, 4.69) is 45.0 Å². The lowest BCUT2D eigenvalue weighted by Gasteiger charge is -2.37. The number of hydrogen-bond acceptors (Lipinski definition) is 7. The summed E-state index contributed by atoms with van der Waals surface area (Å²) >= 11 is 3.03. The molecule has 0 radical (unpaired) electrons. The van der Waals surface area contributed by atoms with Gasteiger partial charge in [0.05, 0.1) is 32.3 Å². The van der Waals surface area contributed by atoms with Gasteiger partial charge in [0.2, 0.25) is 5.91 Å². The van der Waals surface area contributed by atoms with Crippen molar-refractivity contribution in [2.24, 2.45) is 0 Å². The molecule has 2 saturated heterocycles. The Morgan fingerprint density at radius 3 is 2.72 bits per heavy atom. The number of rotatable bonds is 7. The molecule has 2 amide bonds. The number of nitrogens with zero attached hydrogens (tertiary/aromatic N) is 4. The zero-order valence-electron chi connectivity index (χ0n) is 19.6. The maximum atomic E-state index is 12.9. The van der Waals surface area contributed by atoms with E-state index >= 15 is 0 Å². The van der Waals surface area contributed by atoms with Gasteiger partial charge in [0, 0.05) is 37.6 Å². The number of nitrogens with one attached hydrogen (secondary N) is 2. The molecular weight excluding hydrogens is 492 g/mol. The average molecular weight is 519 g/mol. The summed E-state index contributed by atoms with van der Waals surface area (Å²) in [5.41, 5.74) is 2.35. The fourth-order valence-electron chi connectivity index (χ4n) is 4.56. The van der Waals surface area contributed by atoms with Gasteiger partial charge in [-0.3, -0.25) is 14.3 Å². The molecule has 4 aromatic rings. The number of thiophene rings is 1. The Labute approximate surface area is 217 Å². The second-order valence-corrected chi connectivity index (χ2v) is 11.3. The van der Waals surface area contributed by atoms with E-state index in [9.17, 15) is 9.59 Å². The molecule has 3 aromatic heterocycles. The molecule has 6 rings (SSSR count). The number of thiazole rings is 1. The maximum absolute atomic E-state index is 12.9. The van der Waals surface area contributed by atoms with Crippen LogP contribution in [0.25, 0.3) is 10.4 Å². The predicted molar refractivity (Wildman–Crippen MR) is 141 cm³/mol. The molecule has 1 aromatic carbocycles. The van der Waals surface area contributed by atoms with Crippen molar-refractivity contribution in [3.63, 3.8) is 0 Å². The van der Waals surface area contributed by atoms with Gasteiger partial charge in [-0.15, -0.1) is 22.7 Å². The minimum absolute atomic E-state index is 0.0142. The molecule has 0 saturated carbocycles. The van der Waals surface area contributed by atoms with Crippen LogP contribution in [-0.4, -0.2) is 57.2 Å². The van der Waals surface area contributed by atoms with Crippen LogP contribution in [0.4, 0.5) is 5.00 Å². The molecule has 8 nitrogen and oxygen atoms in total. The van der Waals surface area contributed by atoms with Gasteiger partial charge in [0.25, 0.3) is 5.91 Å². The van der Waals surface area contributed by atoms with Crippen LogP contribution in [0.3, 0.4) is 0 Å². The largest absolute Gasteiger partial charge is 0.336 e. The van der Waals surface area contributed by atoms with Crippen LogP contribution in [0, 0.1) is 0 Å². The Balaban J connectivity index is 1.03. The van der Waals surface area contributed by atoms with Gasteiger partial charge in [0.15, 0.2) is 0 Å². The van der Waals surface area contributed by atoms with E-state index in [1.807, 2.05) is 34.1 Å². The van der Waals surface area contributed by atoms with Crippen LogP contribution in [0.2, 0.25) is 0 Å². The van der Waals surface area contributed by atoms with Crippen LogP contribution >= 0.6 is 22.7 Å². The predicted octanol–water partition coefficient (Wildman–Crippen LogP) is 4.05. The van der Waals surface area contributed by atoms with Crippen molar-refractivity contribution in [2.75, 3.05) is 25.0 Å². The fraction of sp³-hybridized carbons (Fsp3) is 0.308. The van der Waals surface area contributed by atoms with Gasteiger partial charge in [-0.2, -0.15) is 5.10 Å². The highest BCUT2D eigenvalue weighted by Gasteiger charge is 2.35. The summed E-state index contributed by atoms with van der Waals surface area (Å²) in [7, 11) is 0. The van der Waals surface area contributed by atoms with Crippen molar-refractivity contribution in [1.82, 2.24) is 25.0 Å². The number of likely N-dealkylation sites (tertiary alicyclic amines) is 1. The lowest BCUT2D eigenvalue weighted by atomic mass is 10.0. The average Bonchev–Trinajstić information content (AvgIpc) is 3.67. The van der Waals surface area contributed by atoms with Gasteiger partial charge >= 0.3 is 0 Å². The van der Waals surface area contributed by atoms with E-state index in [1.54, 1.807) is 23.6 Å². The van der Waals surface area contributed by atoms with E-state index in [0.717, 1.165) is 41.4 Å². The first-order chi connectivity index (χ1) is 17.6. The molecule has 36 heavy (non-hydrogen) atoms. The summed E-state index contributed by atoms with van der Waals surface area (Å²) in [5.74, 6) is 0.254. The first kappa shape index (κ1) is 23.1. The lowest BCUT2D eigenvalue weighted by Crippen LogP contribution is -2.48. The van der Waals surface area contributed by atoms with Crippen LogP contribution in [-0.2, 0) is 11.3 Å². The number of carbonyl (C=O) groups excluding carboxylic acids is 2. The number of aromatic nitrogens is 3. The zero-order valence-corrected chi connectivity index (χ0v) is 21.2. The van der Waals surface area contributed by atoms with Crippen LogP contribution in [0.5, 0.6) is 0 Å². The maximum Gasteiger partial charge on any atom is 0.264 e. The fourth-order valence-corrected chi connectivity index (χ4v) is 6.44. The highest BCUT2D eigenvalue weighted by Crippen LogP contribution is 2.36. The van der Waals surface area contributed by atoms with E-state index in [0.29, 0.717) is 23.0 Å². The third-order valence-corrected chi connectivity index (χ3v) is 8.82. The van der Waals surface area contributed by atoms with Crippen molar-refractivity contribution in [3.05, 3.63) is 76.5 Å². The van der Waals surface area contributed by atoms with E-state index in [4.69, 9.17) is 0 Å². The molecule has 0 unspecified atom stereocenters. The molecule has 0 bridgehead atoms. The normalized spacial score (nSPS) is 17.8. The van der Waals surface area contributed by atoms with Crippen molar-refractivity contribution in [1.29, 1.82) is 0 Å². The highest BCUT2D eigenvalue weighted by molar-refractivity contribution is 7.18. The topological polar surface area (TPSA) is 92.2 Å². The Morgan fingerprint density at radius 1 is 1.11 bits per heavy atom. The second-order valence-electron chi connectivity index (χ2n) is 9.17. The Bertz CT molecular complexity index is 1350. The minimum Gasteiger partial charge on any atom is -0.336 e. The molecule has 1 atom stereocenters. The molecular formula is C26H26N6O2S2. The third kappa shape index (κ3) is 4.84. The van der Waals surface area contributed by atoms with Gasteiger partial charge in [-0.1, -0.05) is 24.3 Å². The summed E-state index contributed by atoms with van der Waals surface area (Å²) in [6, 6.07) is 13.9. The van der Waals surface area contributed by atoms with Gasteiger partial charge in [-0.05, 0) is 48.7 Å². The molecule has 2 N–H and O–H groups in total. The lowest BCUT2D eigenvalue weighted by molar-refractivity contribution is -0.117. The van der Waals surface area contributed by atoms with Gasteiger partial charge in [-0.25, -0.2) is 4.98 Å². The van der Waals surface area contributed by atoms with Crippen LogP contribution < -0.4 is 10.6 Å². The molecule has 0 aliphatic carbocycles. The number of amides is 2. The summed E-state index contributed by atoms with van der Waals surface area (Å²) in [5, 5.41) is 12.2. The van der Waals surface area contributed by atoms with Gasteiger partial charge < -0.3 is 15.5 Å². The number of benzene rings is 1. The molecule has 2 aliphatic rings. The zero-order chi connectivity index (χ0) is 24.5. The Morgan fingerprint density at radius 2 is 1.97 bits per heavy atom. The second kappa shape index (κ2) is 9.96. The van der Waals surface area contributed by atoms with Crippen molar-refractivity contribution in [3.8, 4) is 10.4 Å². The molecule has 2 aliphatic heterocycles. The first-order valence-corrected chi connectivity index (χ1v) is 13.7. The quantitative estimate of drug-likeness (QED) is 0.385. The summed E-state index contributed by atoms with van der Waals surface area (Å²) in [6.45, 7) is 2.96. The Hall–Kier alpha value is -3.34. The third-order valence-electron chi connectivity index (χ3n) is 6.62. The SMILES string of the molecule is O=C(Nc1ccc(C(=O)N2CC(c3ncc(-c4ccc(Cn5cccn5)cc4)s3)C2)s1)[C@@H]1CCCN1. The van der Waals surface area contributed by atoms with Crippen molar-refractivity contribution < 1.29 is 9.59 Å². The van der Waals surface area contributed by atoms with Crippen LogP contribution in [0.15, 0.2) is 61.1 Å². The highest BCUT2D eigenvalue weighted by atomic mass is 32.1. The molecule has 0 spiro atoms. The monoisotopic (exact) mass is 518 g/mol. The number of carbonyl (C=O) groups is 2. The molecule has 5 heterocycles. The number of hydrogen-bond donors (Lipinski definition) is 2. The minimum atomic E-state index is -0.134. The number of anilines is 1. The summed E-state index contributed by atoms with van der Waals surface area (Å²) in [4.78, 5) is 33.5. The summed E-state index contributed by atoms with van der Waals surface area (Å²) in [6.07, 6.45) is 7.55. The Kier molecular flexibility index (Phi) is 6.39. The molecule has 10 heteroatoms. The van der Waals surface area contributed by atoms with E-state index < -0.39 is 0 Å². The smallest absolute Gasteiger partial charge is 0.264 e.